The Morgan fingerprint density at radius 3 is 2.90 bits per heavy atom. The molecule has 110 valence electrons. The van der Waals surface area contributed by atoms with Crippen LogP contribution in [0.3, 0.4) is 0 Å². The van der Waals surface area contributed by atoms with Gasteiger partial charge in [0.15, 0.2) is 11.5 Å². The van der Waals surface area contributed by atoms with Crippen molar-refractivity contribution in [1.82, 2.24) is 0 Å². The molecule has 2 aromatic rings. The fourth-order valence-corrected chi connectivity index (χ4v) is 2.37. The van der Waals surface area contributed by atoms with Crippen molar-refractivity contribution in [3.8, 4) is 17.2 Å². The van der Waals surface area contributed by atoms with Gasteiger partial charge in [-0.2, -0.15) is 0 Å². The summed E-state index contributed by atoms with van der Waals surface area (Å²) in [6, 6.07) is 9.75. The molecule has 21 heavy (non-hydrogen) atoms. The number of nitrogen functional groups attached to an aromatic ring is 1. The van der Waals surface area contributed by atoms with Gasteiger partial charge in [-0.3, -0.25) is 0 Å². The first-order valence-corrected chi connectivity index (χ1v) is 6.67. The molecule has 0 radical (unpaired) electrons. The molecular weight excluding hydrogens is 273 g/mol. The molecule has 1 unspecified atom stereocenters. The lowest BCUT2D eigenvalue weighted by atomic mass is 10.1. The molecule has 5 heteroatoms. The largest absolute Gasteiger partial charge is 0.493 e. The minimum Gasteiger partial charge on any atom is -0.493 e. The van der Waals surface area contributed by atoms with E-state index in [4.69, 9.17) is 19.9 Å². The molecule has 0 spiro atoms. The van der Waals surface area contributed by atoms with Crippen LogP contribution in [0.25, 0.3) is 0 Å². The van der Waals surface area contributed by atoms with E-state index in [0.29, 0.717) is 36.0 Å². The SMILES string of the molecule is COc1cc(N)ccc1OCC1Cc2cc(F)ccc2O1. The van der Waals surface area contributed by atoms with Gasteiger partial charge in [-0.15, -0.1) is 0 Å². The molecule has 4 nitrogen and oxygen atoms in total. The zero-order chi connectivity index (χ0) is 14.8. The lowest BCUT2D eigenvalue weighted by Crippen LogP contribution is -2.22. The summed E-state index contributed by atoms with van der Waals surface area (Å²) in [5, 5.41) is 0. The fourth-order valence-electron chi connectivity index (χ4n) is 2.37. The van der Waals surface area contributed by atoms with E-state index < -0.39 is 0 Å². The Balaban J connectivity index is 1.65. The first-order valence-electron chi connectivity index (χ1n) is 6.67. The predicted octanol–water partition coefficient (Wildman–Crippen LogP) is 2.80. The number of rotatable bonds is 4. The third kappa shape index (κ3) is 2.86. The number of ether oxygens (including phenoxy) is 3. The molecule has 2 N–H and O–H groups in total. The topological polar surface area (TPSA) is 53.7 Å². The van der Waals surface area contributed by atoms with E-state index in [9.17, 15) is 4.39 Å². The van der Waals surface area contributed by atoms with Gasteiger partial charge in [-0.05, 0) is 30.3 Å². The summed E-state index contributed by atoms with van der Waals surface area (Å²) in [4.78, 5) is 0. The second-order valence-corrected chi connectivity index (χ2v) is 4.92. The van der Waals surface area contributed by atoms with Gasteiger partial charge in [-0.1, -0.05) is 0 Å². The maximum Gasteiger partial charge on any atom is 0.162 e. The van der Waals surface area contributed by atoms with Crippen molar-refractivity contribution in [1.29, 1.82) is 0 Å². The number of hydrogen-bond donors (Lipinski definition) is 1. The van der Waals surface area contributed by atoms with Gasteiger partial charge in [0.1, 0.15) is 24.3 Å². The molecule has 0 amide bonds. The van der Waals surface area contributed by atoms with Crippen LogP contribution in [0.4, 0.5) is 10.1 Å². The van der Waals surface area contributed by atoms with Crippen molar-refractivity contribution >= 4 is 5.69 Å². The predicted molar refractivity (Wildman–Crippen MR) is 77.4 cm³/mol. The van der Waals surface area contributed by atoms with Gasteiger partial charge in [-0.25, -0.2) is 4.39 Å². The Kier molecular flexibility index (Phi) is 3.56. The number of fused-ring (bicyclic) bond motifs is 1. The van der Waals surface area contributed by atoms with Gasteiger partial charge in [0.25, 0.3) is 0 Å². The Hall–Kier alpha value is -2.43. The second kappa shape index (κ2) is 5.52. The third-order valence-electron chi connectivity index (χ3n) is 3.38. The Morgan fingerprint density at radius 1 is 1.24 bits per heavy atom. The van der Waals surface area contributed by atoms with Gasteiger partial charge < -0.3 is 19.9 Å². The van der Waals surface area contributed by atoms with E-state index in [0.717, 1.165) is 5.56 Å². The summed E-state index contributed by atoms with van der Waals surface area (Å²) in [6.07, 6.45) is 0.494. The van der Waals surface area contributed by atoms with Crippen LogP contribution < -0.4 is 19.9 Å². The molecular formula is C16H16FNO3. The van der Waals surface area contributed by atoms with Gasteiger partial charge in [0.2, 0.25) is 0 Å². The van der Waals surface area contributed by atoms with Crippen LogP contribution in [-0.4, -0.2) is 19.8 Å². The number of hydrogen-bond acceptors (Lipinski definition) is 4. The summed E-state index contributed by atoms with van der Waals surface area (Å²) in [6.45, 7) is 0.358. The lowest BCUT2D eigenvalue weighted by molar-refractivity contribution is 0.146. The number of halogens is 1. The minimum atomic E-state index is -0.251. The summed E-state index contributed by atoms with van der Waals surface area (Å²) >= 11 is 0. The van der Waals surface area contributed by atoms with Crippen molar-refractivity contribution in [3.05, 3.63) is 47.8 Å². The maximum atomic E-state index is 13.2. The van der Waals surface area contributed by atoms with Crippen molar-refractivity contribution in [2.75, 3.05) is 19.5 Å². The number of nitrogens with two attached hydrogens (primary N) is 1. The van der Waals surface area contributed by atoms with E-state index in [1.54, 1.807) is 31.4 Å². The number of benzene rings is 2. The summed E-state index contributed by atoms with van der Waals surface area (Å²) in [5.41, 5.74) is 7.18. The van der Waals surface area contributed by atoms with Gasteiger partial charge >= 0.3 is 0 Å². The summed E-state index contributed by atoms with van der Waals surface area (Å²) in [7, 11) is 1.56. The average Bonchev–Trinajstić information content (AvgIpc) is 2.87. The van der Waals surface area contributed by atoms with E-state index in [-0.39, 0.29) is 11.9 Å². The van der Waals surface area contributed by atoms with Crippen LogP contribution in [0.5, 0.6) is 17.2 Å². The summed E-state index contributed by atoms with van der Waals surface area (Å²) in [5.74, 6) is 1.65. The highest BCUT2D eigenvalue weighted by Crippen LogP contribution is 2.32. The van der Waals surface area contributed by atoms with Crippen LogP contribution in [0, 0.1) is 5.82 Å². The molecule has 0 aliphatic carbocycles. The highest BCUT2D eigenvalue weighted by Gasteiger charge is 2.24. The van der Waals surface area contributed by atoms with Crippen LogP contribution in [0.1, 0.15) is 5.56 Å². The fraction of sp³-hybridized carbons (Fsp3) is 0.250. The molecule has 1 heterocycles. The average molecular weight is 289 g/mol. The van der Waals surface area contributed by atoms with Crippen LogP contribution in [-0.2, 0) is 6.42 Å². The van der Waals surface area contributed by atoms with Crippen LogP contribution >= 0.6 is 0 Å². The smallest absolute Gasteiger partial charge is 0.162 e. The van der Waals surface area contributed by atoms with Gasteiger partial charge in [0.05, 0.1) is 7.11 Å². The first kappa shape index (κ1) is 13.5. The second-order valence-electron chi connectivity index (χ2n) is 4.92. The zero-order valence-corrected chi connectivity index (χ0v) is 11.6. The lowest BCUT2D eigenvalue weighted by Gasteiger charge is -2.14. The zero-order valence-electron chi connectivity index (χ0n) is 11.6. The van der Waals surface area contributed by atoms with E-state index in [2.05, 4.69) is 0 Å². The molecule has 2 aromatic carbocycles. The molecule has 3 rings (SSSR count). The minimum absolute atomic E-state index is 0.135. The van der Waals surface area contributed by atoms with Crippen LogP contribution in [0.2, 0.25) is 0 Å². The summed E-state index contributed by atoms with van der Waals surface area (Å²) < 4.78 is 29.8. The maximum absolute atomic E-state index is 13.2. The highest BCUT2D eigenvalue weighted by atomic mass is 19.1. The molecule has 1 atom stereocenters. The van der Waals surface area contributed by atoms with Crippen molar-refractivity contribution in [3.63, 3.8) is 0 Å². The van der Waals surface area contributed by atoms with E-state index in [1.807, 2.05) is 0 Å². The third-order valence-corrected chi connectivity index (χ3v) is 3.38. The number of methoxy groups -OCH3 is 1. The quantitative estimate of drug-likeness (QED) is 0.879. The van der Waals surface area contributed by atoms with E-state index in [1.165, 1.54) is 12.1 Å². The molecule has 0 fully saturated rings. The monoisotopic (exact) mass is 289 g/mol. The number of anilines is 1. The van der Waals surface area contributed by atoms with Crippen molar-refractivity contribution in [2.45, 2.75) is 12.5 Å². The molecule has 0 aromatic heterocycles. The molecule has 0 saturated carbocycles. The Labute approximate surface area is 122 Å². The highest BCUT2D eigenvalue weighted by molar-refractivity contribution is 5.52. The Morgan fingerprint density at radius 2 is 2.10 bits per heavy atom. The molecule has 1 aliphatic heterocycles. The Bertz CT molecular complexity index is 660. The van der Waals surface area contributed by atoms with Crippen LogP contribution in [0.15, 0.2) is 36.4 Å². The van der Waals surface area contributed by atoms with Crippen molar-refractivity contribution < 1.29 is 18.6 Å². The van der Waals surface area contributed by atoms with Crippen molar-refractivity contribution in [2.24, 2.45) is 0 Å². The normalized spacial score (nSPS) is 16.2. The standard InChI is InChI=1S/C16H16FNO3/c1-19-16-8-12(18)3-5-15(16)20-9-13-7-10-6-11(17)2-4-14(10)21-13/h2-6,8,13H,7,9,18H2,1H3. The molecule has 1 aliphatic rings. The molecule has 0 bridgehead atoms. The van der Waals surface area contributed by atoms with E-state index >= 15 is 0 Å². The van der Waals surface area contributed by atoms with Gasteiger partial charge in [0, 0.05) is 23.7 Å². The molecule has 0 saturated heterocycles. The first-order chi connectivity index (χ1) is 10.2.